The Hall–Kier alpha value is -1.05. The van der Waals surface area contributed by atoms with E-state index in [1.54, 1.807) is 24.3 Å². The van der Waals surface area contributed by atoms with E-state index in [1.807, 2.05) is 0 Å². The van der Waals surface area contributed by atoms with Gasteiger partial charge < -0.3 is 4.52 Å². The summed E-state index contributed by atoms with van der Waals surface area (Å²) in [6.07, 6.45) is 0.307. The molecule has 0 fully saturated rings. The third-order valence-electron chi connectivity index (χ3n) is 1.63. The summed E-state index contributed by atoms with van der Waals surface area (Å²) in [5.74, 6) is -0.516. The Bertz CT molecular complexity index is 322. The van der Waals surface area contributed by atoms with Crippen LogP contribution in [0.3, 0.4) is 0 Å². The van der Waals surface area contributed by atoms with Crippen LogP contribution in [0.5, 0.6) is 0 Å². The lowest BCUT2D eigenvalue weighted by atomic mass is 10.1. The van der Waals surface area contributed by atoms with Gasteiger partial charge in [-0.05, 0) is 5.56 Å². The van der Waals surface area contributed by atoms with E-state index in [-0.39, 0.29) is 0 Å². The third kappa shape index (κ3) is 2.44. The van der Waals surface area contributed by atoms with E-state index in [4.69, 9.17) is 4.52 Å². The van der Waals surface area contributed by atoms with Gasteiger partial charge in [-0.3, -0.25) is 9.59 Å². The Morgan fingerprint density at radius 2 is 2.15 bits per heavy atom. The predicted molar refractivity (Wildman–Crippen MR) is 51.3 cm³/mol. The minimum absolute atomic E-state index is 0.306. The van der Waals surface area contributed by atoms with Crippen LogP contribution in [0.25, 0.3) is 0 Å². The summed E-state index contributed by atoms with van der Waals surface area (Å²) < 4.78 is 4.81. The second-order valence-electron chi connectivity index (χ2n) is 2.45. The quantitative estimate of drug-likeness (QED) is 0.316. The third-order valence-corrected chi connectivity index (χ3v) is 1.80. The standard InChI is InChI=1S/C9H9O3P/c10-5-9(11)8-4-2-1-3-7(8)6-12-13/h1-5H,6,13H2. The summed E-state index contributed by atoms with van der Waals surface area (Å²) in [7, 11) is 2.10. The molecular formula is C9H9O3P. The van der Waals surface area contributed by atoms with Crippen molar-refractivity contribution >= 4 is 21.5 Å². The number of hydrogen-bond acceptors (Lipinski definition) is 3. The molecule has 0 saturated heterocycles. The van der Waals surface area contributed by atoms with Crippen molar-refractivity contribution in [2.24, 2.45) is 0 Å². The highest BCUT2D eigenvalue weighted by Crippen LogP contribution is 2.11. The maximum Gasteiger partial charge on any atom is 0.225 e. The molecule has 0 spiro atoms. The SMILES string of the molecule is O=CC(=O)c1ccccc1COP. The summed E-state index contributed by atoms with van der Waals surface area (Å²) in [6.45, 7) is 0.306. The van der Waals surface area contributed by atoms with Gasteiger partial charge in [0.1, 0.15) is 0 Å². The zero-order valence-corrected chi connectivity index (χ0v) is 8.05. The number of aldehydes is 1. The molecule has 0 heterocycles. The maximum absolute atomic E-state index is 11.1. The number of carbonyl (C=O) groups is 2. The highest BCUT2D eigenvalue weighted by Gasteiger charge is 2.08. The highest BCUT2D eigenvalue weighted by molar-refractivity contribution is 7.09. The first kappa shape index (κ1) is 10.0. The smallest absolute Gasteiger partial charge is 0.225 e. The fourth-order valence-electron chi connectivity index (χ4n) is 1.04. The molecule has 4 heteroatoms. The number of hydrogen-bond donors (Lipinski definition) is 0. The lowest BCUT2D eigenvalue weighted by Crippen LogP contribution is -2.04. The second kappa shape index (κ2) is 4.85. The minimum Gasteiger partial charge on any atom is -0.361 e. The van der Waals surface area contributed by atoms with Gasteiger partial charge in [0.15, 0.2) is 6.29 Å². The number of ketones is 1. The van der Waals surface area contributed by atoms with Crippen LogP contribution in [0.2, 0.25) is 0 Å². The van der Waals surface area contributed by atoms with Crippen LogP contribution < -0.4 is 0 Å². The van der Waals surface area contributed by atoms with Crippen molar-refractivity contribution in [1.29, 1.82) is 0 Å². The Morgan fingerprint density at radius 1 is 1.46 bits per heavy atom. The van der Waals surface area contributed by atoms with E-state index in [0.29, 0.717) is 18.5 Å². The molecule has 1 rings (SSSR count). The normalized spacial score (nSPS) is 9.62. The molecule has 0 radical (unpaired) electrons. The second-order valence-corrected chi connectivity index (χ2v) is 2.78. The van der Waals surface area contributed by atoms with Crippen LogP contribution in [-0.4, -0.2) is 12.1 Å². The average molecular weight is 196 g/mol. The minimum atomic E-state index is -0.516. The predicted octanol–water partition coefficient (Wildman–Crippen LogP) is 1.37. The van der Waals surface area contributed by atoms with E-state index in [9.17, 15) is 9.59 Å². The van der Waals surface area contributed by atoms with Crippen molar-refractivity contribution in [3.8, 4) is 0 Å². The van der Waals surface area contributed by atoms with Gasteiger partial charge in [-0.15, -0.1) is 0 Å². The summed E-state index contributed by atoms with van der Waals surface area (Å²) in [4.78, 5) is 21.3. The summed E-state index contributed by atoms with van der Waals surface area (Å²) >= 11 is 0. The summed E-state index contributed by atoms with van der Waals surface area (Å²) in [6, 6.07) is 6.86. The van der Waals surface area contributed by atoms with Gasteiger partial charge in [0, 0.05) is 15.0 Å². The lowest BCUT2D eigenvalue weighted by molar-refractivity contribution is -0.104. The number of benzene rings is 1. The molecule has 0 aliphatic rings. The van der Waals surface area contributed by atoms with Crippen molar-refractivity contribution in [3.05, 3.63) is 35.4 Å². The first-order valence-electron chi connectivity index (χ1n) is 3.68. The van der Waals surface area contributed by atoms with Crippen LogP contribution in [-0.2, 0) is 15.9 Å². The molecule has 1 atom stereocenters. The molecule has 0 saturated carbocycles. The maximum atomic E-state index is 11.1. The van der Waals surface area contributed by atoms with Crippen LogP contribution in [0, 0.1) is 0 Å². The molecular weight excluding hydrogens is 187 g/mol. The van der Waals surface area contributed by atoms with E-state index in [1.165, 1.54) is 0 Å². The van der Waals surface area contributed by atoms with Crippen molar-refractivity contribution in [1.82, 2.24) is 0 Å². The van der Waals surface area contributed by atoms with E-state index in [2.05, 4.69) is 9.47 Å². The van der Waals surface area contributed by atoms with Crippen LogP contribution in [0.1, 0.15) is 15.9 Å². The zero-order chi connectivity index (χ0) is 9.68. The lowest BCUT2D eigenvalue weighted by Gasteiger charge is -2.03. The van der Waals surface area contributed by atoms with Crippen LogP contribution in [0.15, 0.2) is 24.3 Å². The fraction of sp³-hybridized carbons (Fsp3) is 0.111. The van der Waals surface area contributed by atoms with Gasteiger partial charge in [0.05, 0.1) is 6.61 Å². The molecule has 0 N–H and O–H groups in total. The van der Waals surface area contributed by atoms with Crippen LogP contribution >= 0.6 is 9.47 Å². The van der Waals surface area contributed by atoms with Gasteiger partial charge >= 0.3 is 0 Å². The van der Waals surface area contributed by atoms with Gasteiger partial charge in [0.25, 0.3) is 0 Å². The molecule has 1 aromatic carbocycles. The molecule has 0 amide bonds. The average Bonchev–Trinajstić information content (AvgIpc) is 2.18. The summed E-state index contributed by atoms with van der Waals surface area (Å²) in [5.41, 5.74) is 1.12. The van der Waals surface area contributed by atoms with Gasteiger partial charge in [-0.2, -0.15) is 0 Å². The Kier molecular flexibility index (Phi) is 3.74. The zero-order valence-electron chi connectivity index (χ0n) is 6.90. The van der Waals surface area contributed by atoms with Crippen molar-refractivity contribution in [2.75, 3.05) is 0 Å². The first-order valence-corrected chi connectivity index (χ1v) is 4.16. The van der Waals surface area contributed by atoms with Gasteiger partial charge in [-0.25, -0.2) is 0 Å². The molecule has 0 bridgehead atoms. The largest absolute Gasteiger partial charge is 0.361 e. The molecule has 1 aromatic rings. The highest BCUT2D eigenvalue weighted by atomic mass is 31.0. The molecule has 0 aromatic heterocycles. The molecule has 13 heavy (non-hydrogen) atoms. The molecule has 1 unspecified atom stereocenters. The summed E-state index contributed by atoms with van der Waals surface area (Å²) in [5, 5.41) is 0. The van der Waals surface area contributed by atoms with E-state index >= 15 is 0 Å². The van der Waals surface area contributed by atoms with Crippen molar-refractivity contribution in [2.45, 2.75) is 6.61 Å². The van der Waals surface area contributed by atoms with Gasteiger partial charge in [0.2, 0.25) is 5.78 Å². The molecule has 3 nitrogen and oxygen atoms in total. The molecule has 68 valence electrons. The monoisotopic (exact) mass is 196 g/mol. The van der Waals surface area contributed by atoms with Crippen molar-refractivity contribution in [3.63, 3.8) is 0 Å². The number of rotatable bonds is 4. The van der Waals surface area contributed by atoms with E-state index in [0.717, 1.165) is 5.56 Å². The number of Topliss-reactive ketones (excluding diaryl/α,β-unsaturated/α-hetero) is 1. The Morgan fingerprint density at radius 3 is 2.77 bits per heavy atom. The topological polar surface area (TPSA) is 43.4 Å². The Balaban J connectivity index is 3.03. The number of carbonyl (C=O) groups excluding carboxylic acids is 2. The first-order chi connectivity index (χ1) is 6.29. The van der Waals surface area contributed by atoms with Crippen LogP contribution in [0.4, 0.5) is 0 Å². The van der Waals surface area contributed by atoms with Gasteiger partial charge in [-0.1, -0.05) is 24.3 Å². The fourth-order valence-corrected chi connectivity index (χ4v) is 1.22. The van der Waals surface area contributed by atoms with Crippen molar-refractivity contribution < 1.29 is 14.1 Å². The molecule has 0 aliphatic carbocycles. The Labute approximate surface area is 78.4 Å². The van der Waals surface area contributed by atoms with E-state index < -0.39 is 5.78 Å². The molecule has 0 aliphatic heterocycles.